The van der Waals surface area contributed by atoms with E-state index in [4.69, 9.17) is 6.42 Å². The molecular weight excluding hydrogens is 204 g/mol. The van der Waals surface area contributed by atoms with Gasteiger partial charge in [-0.2, -0.15) is 0 Å². The molecule has 86 valence electrons. The maximum absolute atomic E-state index is 11.6. The molecule has 1 amide bonds. The topological polar surface area (TPSA) is 70.7 Å². The summed E-state index contributed by atoms with van der Waals surface area (Å²) < 4.78 is 0. The normalized spacial score (nSPS) is 11.8. The minimum atomic E-state index is -0.330. The van der Waals surface area contributed by atoms with Crippen molar-refractivity contribution in [3.05, 3.63) is 11.6 Å². The minimum Gasteiger partial charge on any atom is -0.336 e. The summed E-state index contributed by atoms with van der Waals surface area (Å²) in [5.74, 6) is 3.03. The van der Waals surface area contributed by atoms with E-state index in [9.17, 15) is 4.79 Å². The van der Waals surface area contributed by atoms with Crippen molar-refractivity contribution < 1.29 is 4.79 Å². The number of nitrogens with zero attached hydrogens (tertiary/aromatic N) is 2. The van der Waals surface area contributed by atoms with Gasteiger partial charge in [0.15, 0.2) is 0 Å². The van der Waals surface area contributed by atoms with Crippen molar-refractivity contribution in [3.63, 3.8) is 0 Å². The lowest BCUT2D eigenvalue weighted by Gasteiger charge is -2.07. The fraction of sp³-hybridized carbons (Fsp3) is 0.545. The van der Waals surface area contributed by atoms with Crippen molar-refractivity contribution in [2.75, 3.05) is 0 Å². The molecule has 2 N–H and O–H groups in total. The summed E-state index contributed by atoms with van der Waals surface area (Å²) in [6.07, 6.45) is 7.68. The lowest BCUT2D eigenvalue weighted by atomic mass is 10.2. The van der Waals surface area contributed by atoms with Crippen molar-refractivity contribution in [1.82, 2.24) is 20.5 Å². The molecule has 1 atom stereocenters. The van der Waals surface area contributed by atoms with E-state index in [2.05, 4.69) is 26.4 Å². The summed E-state index contributed by atoms with van der Waals surface area (Å²) in [5, 5.41) is 9.23. The lowest BCUT2D eigenvalue weighted by Crippen LogP contribution is -2.33. The Bertz CT molecular complexity index is 391. The summed E-state index contributed by atoms with van der Waals surface area (Å²) in [5.41, 5.74) is 0. The lowest BCUT2D eigenvalue weighted by molar-refractivity contribution is 0.0935. The fourth-order valence-electron chi connectivity index (χ4n) is 1.23. The van der Waals surface area contributed by atoms with E-state index in [1.807, 2.05) is 13.8 Å². The molecule has 5 nitrogen and oxygen atoms in total. The molecule has 0 bridgehead atoms. The largest absolute Gasteiger partial charge is 0.336 e. The number of hydrogen-bond acceptors (Lipinski definition) is 3. The zero-order valence-electron chi connectivity index (χ0n) is 9.58. The molecule has 16 heavy (non-hydrogen) atoms. The molecule has 0 saturated heterocycles. The minimum absolute atomic E-state index is 0.150. The van der Waals surface area contributed by atoms with Gasteiger partial charge in [-0.15, -0.1) is 11.5 Å². The van der Waals surface area contributed by atoms with Crippen LogP contribution in [-0.2, 0) is 6.42 Å². The number of amides is 1. The van der Waals surface area contributed by atoms with Crippen LogP contribution in [0.2, 0.25) is 0 Å². The Balaban J connectivity index is 2.62. The average Bonchev–Trinajstić information content (AvgIpc) is 2.74. The van der Waals surface area contributed by atoms with Crippen LogP contribution < -0.4 is 5.32 Å². The van der Waals surface area contributed by atoms with Gasteiger partial charge in [-0.3, -0.25) is 9.89 Å². The highest BCUT2D eigenvalue weighted by Crippen LogP contribution is 1.98. The van der Waals surface area contributed by atoms with Gasteiger partial charge in [0.25, 0.3) is 5.91 Å². The van der Waals surface area contributed by atoms with Crippen molar-refractivity contribution in [2.24, 2.45) is 0 Å². The predicted octanol–water partition coefficient (Wildman–Crippen LogP) is 0.899. The van der Waals surface area contributed by atoms with Crippen LogP contribution in [0.4, 0.5) is 0 Å². The molecule has 0 spiro atoms. The van der Waals surface area contributed by atoms with Crippen LogP contribution in [0.5, 0.6) is 0 Å². The van der Waals surface area contributed by atoms with Crippen LogP contribution in [0.1, 0.15) is 43.1 Å². The molecule has 1 heterocycles. The van der Waals surface area contributed by atoms with Crippen LogP contribution in [0.25, 0.3) is 0 Å². The third kappa shape index (κ3) is 3.09. The first-order valence-electron chi connectivity index (χ1n) is 5.39. The molecule has 0 radical (unpaired) electrons. The van der Waals surface area contributed by atoms with Gasteiger partial charge in [0.2, 0.25) is 5.82 Å². The summed E-state index contributed by atoms with van der Waals surface area (Å²) in [4.78, 5) is 15.7. The SMILES string of the molecule is C#CC(CC)NC(=O)c1n[nH]c(CCC)n1. The first kappa shape index (κ1) is 12.2. The van der Waals surface area contributed by atoms with E-state index in [-0.39, 0.29) is 17.8 Å². The van der Waals surface area contributed by atoms with Gasteiger partial charge >= 0.3 is 0 Å². The summed E-state index contributed by atoms with van der Waals surface area (Å²) in [6, 6.07) is -0.263. The second kappa shape index (κ2) is 5.91. The van der Waals surface area contributed by atoms with E-state index in [0.717, 1.165) is 18.7 Å². The van der Waals surface area contributed by atoms with Crippen molar-refractivity contribution in [3.8, 4) is 12.3 Å². The number of rotatable bonds is 5. The van der Waals surface area contributed by atoms with Crippen molar-refractivity contribution in [2.45, 2.75) is 39.2 Å². The Morgan fingerprint density at radius 3 is 2.94 bits per heavy atom. The highest BCUT2D eigenvalue weighted by atomic mass is 16.2. The van der Waals surface area contributed by atoms with Gasteiger partial charge < -0.3 is 5.32 Å². The Labute approximate surface area is 95.0 Å². The Morgan fingerprint density at radius 1 is 1.62 bits per heavy atom. The molecular formula is C11H16N4O. The standard InChI is InChI=1S/C11H16N4O/c1-4-7-9-13-10(15-14-9)11(16)12-8(5-2)6-3/h2,8H,4,6-7H2,1,3H3,(H,12,16)(H,13,14,15). The Hall–Kier alpha value is -1.83. The van der Waals surface area contributed by atoms with Gasteiger partial charge in [-0.1, -0.05) is 19.8 Å². The number of H-pyrrole nitrogens is 1. The third-order valence-electron chi connectivity index (χ3n) is 2.14. The zero-order valence-corrected chi connectivity index (χ0v) is 9.58. The Morgan fingerprint density at radius 2 is 2.38 bits per heavy atom. The second-order valence-electron chi connectivity index (χ2n) is 3.46. The fourth-order valence-corrected chi connectivity index (χ4v) is 1.23. The van der Waals surface area contributed by atoms with Crippen LogP contribution in [0.15, 0.2) is 0 Å². The van der Waals surface area contributed by atoms with E-state index in [0.29, 0.717) is 6.42 Å². The van der Waals surface area contributed by atoms with Crippen molar-refractivity contribution in [1.29, 1.82) is 0 Å². The molecule has 0 aliphatic carbocycles. The molecule has 1 aromatic heterocycles. The maximum atomic E-state index is 11.6. The molecule has 5 heteroatoms. The van der Waals surface area contributed by atoms with Gasteiger partial charge in [0, 0.05) is 6.42 Å². The van der Waals surface area contributed by atoms with Gasteiger partial charge in [0.1, 0.15) is 5.82 Å². The quantitative estimate of drug-likeness (QED) is 0.724. The number of carbonyl (C=O) groups excluding carboxylic acids is 1. The zero-order chi connectivity index (χ0) is 12.0. The molecule has 0 fully saturated rings. The van der Waals surface area contributed by atoms with Gasteiger partial charge in [0.05, 0.1) is 6.04 Å². The molecule has 0 aliphatic rings. The highest BCUT2D eigenvalue weighted by molar-refractivity contribution is 5.90. The predicted molar refractivity (Wildman–Crippen MR) is 60.8 cm³/mol. The molecule has 1 rings (SSSR count). The number of aromatic nitrogens is 3. The number of nitrogens with one attached hydrogen (secondary N) is 2. The van der Waals surface area contributed by atoms with Crippen LogP contribution in [0.3, 0.4) is 0 Å². The van der Waals surface area contributed by atoms with Crippen LogP contribution >= 0.6 is 0 Å². The number of aryl methyl sites for hydroxylation is 1. The highest BCUT2D eigenvalue weighted by Gasteiger charge is 2.14. The Kier molecular flexibility index (Phi) is 4.52. The monoisotopic (exact) mass is 220 g/mol. The summed E-state index contributed by atoms with van der Waals surface area (Å²) in [6.45, 7) is 3.94. The number of hydrogen-bond donors (Lipinski definition) is 2. The molecule has 0 saturated carbocycles. The maximum Gasteiger partial charge on any atom is 0.291 e. The van der Waals surface area contributed by atoms with Gasteiger partial charge in [-0.05, 0) is 12.8 Å². The van der Waals surface area contributed by atoms with E-state index < -0.39 is 0 Å². The van der Waals surface area contributed by atoms with Gasteiger partial charge in [-0.25, -0.2) is 4.98 Å². The molecule has 1 unspecified atom stereocenters. The number of terminal acetylenes is 1. The first-order valence-corrected chi connectivity index (χ1v) is 5.39. The number of carbonyl (C=O) groups is 1. The first-order chi connectivity index (χ1) is 7.71. The number of aromatic amines is 1. The summed E-state index contributed by atoms with van der Waals surface area (Å²) >= 11 is 0. The molecule has 0 aromatic carbocycles. The molecule has 0 aliphatic heterocycles. The third-order valence-corrected chi connectivity index (χ3v) is 2.14. The van der Waals surface area contributed by atoms with E-state index in [1.165, 1.54) is 0 Å². The smallest absolute Gasteiger partial charge is 0.291 e. The van der Waals surface area contributed by atoms with Crippen molar-refractivity contribution >= 4 is 5.91 Å². The molecule has 1 aromatic rings. The summed E-state index contributed by atoms with van der Waals surface area (Å²) in [7, 11) is 0. The second-order valence-corrected chi connectivity index (χ2v) is 3.46. The van der Waals surface area contributed by atoms with Crippen LogP contribution in [-0.4, -0.2) is 27.1 Å². The van der Waals surface area contributed by atoms with E-state index >= 15 is 0 Å². The van der Waals surface area contributed by atoms with E-state index in [1.54, 1.807) is 0 Å². The average molecular weight is 220 g/mol. The van der Waals surface area contributed by atoms with Crippen LogP contribution in [0, 0.1) is 12.3 Å².